The summed E-state index contributed by atoms with van der Waals surface area (Å²) in [6.45, 7) is 2.24. The van der Waals surface area contributed by atoms with Crippen molar-refractivity contribution in [3.8, 4) is 0 Å². The third-order valence-corrected chi connectivity index (χ3v) is 8.69. The van der Waals surface area contributed by atoms with E-state index < -0.39 is 10.8 Å². The highest BCUT2D eigenvalue weighted by molar-refractivity contribution is 8.01. The fourth-order valence-corrected chi connectivity index (χ4v) is 6.82. The van der Waals surface area contributed by atoms with Crippen molar-refractivity contribution in [2.24, 2.45) is 0 Å². The Morgan fingerprint density at radius 1 is 0.919 bits per heavy atom. The molecule has 2 atom stereocenters. The third kappa shape index (κ3) is 5.24. The standard InChI is InChI=1S/C29H28ClN3O3S/c30-24-13-11-23(12-14-24)27-29(37-25-9-5-2-6-10-25,28(36)32-17-15-31(21-34)16-18-32)19-26(35)33(27)20-22-7-3-1-4-8-22/h1-14,21,27H,15-20H2. The highest BCUT2D eigenvalue weighted by Crippen LogP contribution is 2.54. The number of carbonyl (C=O) groups excluding carboxylic acids is 3. The Hall–Kier alpha value is -3.29. The highest BCUT2D eigenvalue weighted by atomic mass is 35.5. The van der Waals surface area contributed by atoms with E-state index >= 15 is 0 Å². The van der Waals surface area contributed by atoms with Crippen LogP contribution in [0.3, 0.4) is 0 Å². The Labute approximate surface area is 226 Å². The monoisotopic (exact) mass is 533 g/mol. The number of amides is 3. The minimum Gasteiger partial charge on any atom is -0.342 e. The van der Waals surface area contributed by atoms with Crippen LogP contribution in [0.15, 0.2) is 89.8 Å². The van der Waals surface area contributed by atoms with Crippen LogP contribution in [0.5, 0.6) is 0 Å². The largest absolute Gasteiger partial charge is 0.342 e. The molecule has 3 amide bonds. The van der Waals surface area contributed by atoms with Gasteiger partial charge in [0, 0.05) is 42.6 Å². The van der Waals surface area contributed by atoms with Crippen molar-refractivity contribution in [3.63, 3.8) is 0 Å². The van der Waals surface area contributed by atoms with Crippen LogP contribution in [0, 0.1) is 0 Å². The topological polar surface area (TPSA) is 60.9 Å². The van der Waals surface area contributed by atoms with Crippen molar-refractivity contribution in [2.75, 3.05) is 26.2 Å². The molecule has 37 heavy (non-hydrogen) atoms. The summed E-state index contributed by atoms with van der Waals surface area (Å²) in [5, 5.41) is 0.598. The number of benzene rings is 3. The Bertz CT molecular complexity index is 1250. The molecule has 190 valence electrons. The van der Waals surface area contributed by atoms with Gasteiger partial charge >= 0.3 is 0 Å². The van der Waals surface area contributed by atoms with Gasteiger partial charge in [-0.2, -0.15) is 0 Å². The zero-order valence-electron chi connectivity index (χ0n) is 20.3. The van der Waals surface area contributed by atoms with E-state index in [9.17, 15) is 14.4 Å². The Morgan fingerprint density at radius 2 is 1.54 bits per heavy atom. The average Bonchev–Trinajstić information content (AvgIpc) is 3.21. The Balaban J connectivity index is 1.61. The maximum Gasteiger partial charge on any atom is 0.242 e. The van der Waals surface area contributed by atoms with Crippen LogP contribution < -0.4 is 0 Å². The first-order valence-electron chi connectivity index (χ1n) is 12.3. The minimum atomic E-state index is -1.08. The molecule has 2 unspecified atom stereocenters. The molecule has 2 aliphatic heterocycles. The molecule has 0 saturated carbocycles. The van der Waals surface area contributed by atoms with Crippen LogP contribution in [0.2, 0.25) is 5.02 Å². The van der Waals surface area contributed by atoms with Gasteiger partial charge in [-0.25, -0.2) is 0 Å². The van der Waals surface area contributed by atoms with Crippen LogP contribution in [-0.2, 0) is 20.9 Å². The summed E-state index contributed by atoms with van der Waals surface area (Å²) in [7, 11) is 0. The van der Waals surface area contributed by atoms with E-state index in [1.165, 1.54) is 11.8 Å². The first kappa shape index (κ1) is 25.4. The minimum absolute atomic E-state index is 0.0629. The van der Waals surface area contributed by atoms with Crippen LogP contribution in [0.25, 0.3) is 0 Å². The normalized spacial score (nSPS) is 21.8. The molecule has 2 fully saturated rings. The molecule has 0 radical (unpaired) electrons. The van der Waals surface area contributed by atoms with E-state index in [0.29, 0.717) is 37.7 Å². The molecular formula is C29H28ClN3O3S. The quantitative estimate of drug-likeness (QED) is 0.415. The molecule has 6 nitrogen and oxygen atoms in total. The molecule has 2 saturated heterocycles. The van der Waals surface area contributed by atoms with Gasteiger partial charge in [0.25, 0.3) is 0 Å². The van der Waals surface area contributed by atoms with Gasteiger partial charge < -0.3 is 14.7 Å². The van der Waals surface area contributed by atoms with Gasteiger partial charge in [0.1, 0.15) is 4.75 Å². The maximum atomic E-state index is 14.5. The van der Waals surface area contributed by atoms with Gasteiger partial charge in [-0.3, -0.25) is 14.4 Å². The lowest BCUT2D eigenvalue weighted by Gasteiger charge is -2.42. The van der Waals surface area contributed by atoms with Crippen LogP contribution in [-0.4, -0.2) is 63.9 Å². The summed E-state index contributed by atoms with van der Waals surface area (Å²) < 4.78 is -1.08. The van der Waals surface area contributed by atoms with E-state index in [0.717, 1.165) is 22.4 Å². The summed E-state index contributed by atoms with van der Waals surface area (Å²) in [6, 6.07) is 26.6. The SMILES string of the molecule is O=CN1CCN(C(=O)C2(Sc3ccccc3)CC(=O)N(Cc3ccccc3)C2c2ccc(Cl)cc2)CC1. The molecule has 3 aromatic rings. The maximum absolute atomic E-state index is 14.5. The molecule has 8 heteroatoms. The summed E-state index contributed by atoms with van der Waals surface area (Å²) in [5.74, 6) is -0.136. The predicted molar refractivity (Wildman–Crippen MR) is 145 cm³/mol. The van der Waals surface area contributed by atoms with Crippen molar-refractivity contribution in [1.82, 2.24) is 14.7 Å². The number of rotatable bonds is 7. The third-order valence-electron chi connectivity index (χ3n) is 7.02. The fraction of sp³-hybridized carbons (Fsp3) is 0.276. The molecule has 0 aromatic heterocycles. The summed E-state index contributed by atoms with van der Waals surface area (Å²) in [5.41, 5.74) is 1.87. The number of likely N-dealkylation sites (tertiary alicyclic amines) is 1. The number of carbonyl (C=O) groups is 3. The number of piperazine rings is 1. The number of hydrogen-bond donors (Lipinski definition) is 0. The van der Waals surface area contributed by atoms with Crippen molar-refractivity contribution in [2.45, 2.75) is 28.6 Å². The number of halogens is 1. The zero-order chi connectivity index (χ0) is 25.8. The number of thioether (sulfide) groups is 1. The van der Waals surface area contributed by atoms with Crippen LogP contribution in [0.4, 0.5) is 0 Å². The molecule has 3 aromatic carbocycles. The smallest absolute Gasteiger partial charge is 0.242 e. The van der Waals surface area contributed by atoms with Gasteiger partial charge in [-0.1, -0.05) is 72.3 Å². The Morgan fingerprint density at radius 3 is 2.16 bits per heavy atom. The number of nitrogens with zero attached hydrogens (tertiary/aromatic N) is 3. The Kier molecular flexibility index (Phi) is 7.53. The summed E-state index contributed by atoms with van der Waals surface area (Å²) in [6.07, 6.45) is 0.910. The second kappa shape index (κ2) is 11.0. The van der Waals surface area contributed by atoms with Gasteiger partial charge in [0.15, 0.2) is 0 Å². The first-order valence-corrected chi connectivity index (χ1v) is 13.5. The second-order valence-electron chi connectivity index (χ2n) is 9.38. The van der Waals surface area contributed by atoms with Gasteiger partial charge in [0.05, 0.1) is 12.5 Å². The van der Waals surface area contributed by atoms with E-state index in [1.807, 2.05) is 94.7 Å². The van der Waals surface area contributed by atoms with Gasteiger partial charge in [-0.05, 0) is 35.4 Å². The highest BCUT2D eigenvalue weighted by Gasteiger charge is 2.59. The molecule has 5 rings (SSSR count). The van der Waals surface area contributed by atoms with Crippen molar-refractivity contribution in [3.05, 3.63) is 101 Å². The van der Waals surface area contributed by atoms with E-state index in [2.05, 4.69) is 0 Å². The predicted octanol–water partition coefficient (Wildman–Crippen LogP) is 4.65. The summed E-state index contributed by atoms with van der Waals surface area (Å²) >= 11 is 7.69. The average molecular weight is 534 g/mol. The summed E-state index contributed by atoms with van der Waals surface area (Å²) in [4.78, 5) is 45.8. The van der Waals surface area contributed by atoms with Crippen LogP contribution >= 0.6 is 23.4 Å². The molecule has 0 spiro atoms. The number of hydrogen-bond acceptors (Lipinski definition) is 4. The zero-order valence-corrected chi connectivity index (χ0v) is 21.9. The lowest BCUT2D eigenvalue weighted by Crippen LogP contribution is -2.56. The van der Waals surface area contributed by atoms with Gasteiger partial charge in [-0.15, -0.1) is 11.8 Å². The fourth-order valence-electron chi connectivity index (χ4n) is 5.20. The molecule has 2 aliphatic rings. The lowest BCUT2D eigenvalue weighted by molar-refractivity contribution is -0.138. The molecule has 0 N–H and O–H groups in total. The molecule has 2 heterocycles. The van der Waals surface area contributed by atoms with E-state index in [4.69, 9.17) is 11.6 Å². The van der Waals surface area contributed by atoms with Crippen molar-refractivity contribution < 1.29 is 14.4 Å². The van der Waals surface area contributed by atoms with Crippen LogP contribution in [0.1, 0.15) is 23.6 Å². The van der Waals surface area contributed by atoms with E-state index in [1.54, 1.807) is 4.90 Å². The van der Waals surface area contributed by atoms with Gasteiger partial charge in [0.2, 0.25) is 18.2 Å². The molecule has 0 aliphatic carbocycles. The van der Waals surface area contributed by atoms with Crippen molar-refractivity contribution >= 4 is 41.6 Å². The van der Waals surface area contributed by atoms with E-state index in [-0.39, 0.29) is 18.2 Å². The second-order valence-corrected chi connectivity index (χ2v) is 11.2. The molecule has 0 bridgehead atoms. The molecular weight excluding hydrogens is 506 g/mol. The lowest BCUT2D eigenvalue weighted by atomic mass is 9.90. The van der Waals surface area contributed by atoms with Crippen molar-refractivity contribution in [1.29, 1.82) is 0 Å². The first-order chi connectivity index (χ1) is 18.0.